The van der Waals surface area contributed by atoms with Gasteiger partial charge in [0.2, 0.25) is 5.91 Å². The van der Waals surface area contributed by atoms with Crippen molar-refractivity contribution in [2.75, 3.05) is 0 Å². The number of carbonyl (C=O) groups excluding carboxylic acids is 1. The third-order valence-corrected chi connectivity index (χ3v) is 3.09. The molecule has 1 rings (SSSR count). The molecule has 0 aliphatic heterocycles. The normalized spacial score (nSPS) is 11.9. The Hall–Kier alpha value is -1.49. The number of amides is 1. The van der Waals surface area contributed by atoms with E-state index in [4.69, 9.17) is 18.0 Å². The quantitative estimate of drug-likeness (QED) is 0.804. The Balaban J connectivity index is 2.69. The third kappa shape index (κ3) is 3.77. The van der Waals surface area contributed by atoms with Crippen molar-refractivity contribution in [2.24, 2.45) is 11.7 Å². The summed E-state index contributed by atoms with van der Waals surface area (Å²) in [6, 6.07) is 4.52. The lowest BCUT2D eigenvalue weighted by Crippen LogP contribution is -2.28. The lowest BCUT2D eigenvalue weighted by atomic mass is 10.1. The Morgan fingerprint density at radius 1 is 1.56 bits per heavy atom. The minimum Gasteiger partial charge on any atom is -0.389 e. The zero-order valence-electron chi connectivity index (χ0n) is 10.5. The molecular weight excluding hydrogens is 251 g/mol. The first-order valence-electron chi connectivity index (χ1n) is 5.81. The van der Waals surface area contributed by atoms with Gasteiger partial charge in [-0.3, -0.25) is 4.79 Å². The maximum atomic E-state index is 13.7. The number of carbonyl (C=O) groups is 1. The second kappa shape index (κ2) is 6.44. The van der Waals surface area contributed by atoms with Crippen LogP contribution in [0.4, 0.5) is 4.39 Å². The molecule has 18 heavy (non-hydrogen) atoms. The van der Waals surface area contributed by atoms with Gasteiger partial charge < -0.3 is 11.1 Å². The molecule has 0 bridgehead atoms. The lowest BCUT2D eigenvalue weighted by Gasteiger charge is -2.11. The Morgan fingerprint density at radius 2 is 2.22 bits per heavy atom. The molecule has 1 aromatic carbocycles. The van der Waals surface area contributed by atoms with E-state index in [0.717, 1.165) is 6.42 Å². The molecule has 5 heteroatoms. The third-order valence-electron chi connectivity index (χ3n) is 2.85. The van der Waals surface area contributed by atoms with Gasteiger partial charge in [0.15, 0.2) is 0 Å². The molecule has 0 aliphatic carbocycles. The van der Waals surface area contributed by atoms with Crippen LogP contribution in [0.25, 0.3) is 0 Å². The molecule has 0 aromatic heterocycles. The number of benzene rings is 1. The van der Waals surface area contributed by atoms with Crippen molar-refractivity contribution in [3.8, 4) is 0 Å². The summed E-state index contributed by atoms with van der Waals surface area (Å²) >= 11 is 4.76. The summed E-state index contributed by atoms with van der Waals surface area (Å²) in [4.78, 5) is 11.7. The molecule has 0 radical (unpaired) electrons. The van der Waals surface area contributed by atoms with Crippen molar-refractivity contribution in [1.82, 2.24) is 5.32 Å². The van der Waals surface area contributed by atoms with Gasteiger partial charge in [-0.25, -0.2) is 4.39 Å². The van der Waals surface area contributed by atoms with E-state index in [1.807, 2.05) is 13.8 Å². The van der Waals surface area contributed by atoms with Crippen molar-refractivity contribution in [1.29, 1.82) is 0 Å². The Morgan fingerprint density at radius 3 is 2.72 bits per heavy atom. The molecule has 98 valence electrons. The molecule has 1 aromatic rings. The van der Waals surface area contributed by atoms with Crippen LogP contribution in [-0.4, -0.2) is 10.9 Å². The summed E-state index contributed by atoms with van der Waals surface area (Å²) in [5.41, 5.74) is 6.32. The van der Waals surface area contributed by atoms with E-state index in [-0.39, 0.29) is 23.4 Å². The maximum absolute atomic E-state index is 13.7. The van der Waals surface area contributed by atoms with Gasteiger partial charge in [0, 0.05) is 23.6 Å². The summed E-state index contributed by atoms with van der Waals surface area (Å²) in [6.07, 6.45) is 0.759. The molecule has 0 saturated heterocycles. The van der Waals surface area contributed by atoms with Gasteiger partial charge in [-0.1, -0.05) is 38.2 Å². The van der Waals surface area contributed by atoms with Crippen molar-refractivity contribution in [2.45, 2.75) is 26.8 Å². The zero-order valence-corrected chi connectivity index (χ0v) is 11.3. The first kappa shape index (κ1) is 14.6. The molecule has 1 amide bonds. The van der Waals surface area contributed by atoms with Crippen LogP contribution in [0.3, 0.4) is 0 Å². The topological polar surface area (TPSA) is 55.1 Å². The average molecular weight is 268 g/mol. The van der Waals surface area contributed by atoms with Crippen molar-refractivity contribution < 1.29 is 9.18 Å². The smallest absolute Gasteiger partial charge is 0.223 e. The minimum absolute atomic E-state index is 0.0658. The SMILES string of the molecule is CCC(C)C(=O)NCc1ccc(C(N)=S)cc1F. The predicted octanol–water partition coefficient (Wildman–Crippen LogP) is 2.12. The van der Waals surface area contributed by atoms with Gasteiger partial charge in [0.1, 0.15) is 10.8 Å². The highest BCUT2D eigenvalue weighted by molar-refractivity contribution is 7.80. The second-order valence-corrected chi connectivity index (χ2v) is 4.64. The number of halogens is 1. The van der Waals surface area contributed by atoms with Crippen LogP contribution in [0.2, 0.25) is 0 Å². The number of nitrogens with two attached hydrogens (primary N) is 1. The number of nitrogens with one attached hydrogen (secondary N) is 1. The van der Waals surface area contributed by atoms with E-state index < -0.39 is 5.82 Å². The van der Waals surface area contributed by atoms with Gasteiger partial charge in [0.25, 0.3) is 0 Å². The fourth-order valence-electron chi connectivity index (χ4n) is 1.39. The number of hydrogen-bond acceptors (Lipinski definition) is 2. The standard InChI is InChI=1S/C13H17FN2OS/c1-3-8(2)13(17)16-7-10-5-4-9(12(15)18)6-11(10)14/h4-6,8H,3,7H2,1-2H3,(H2,15,18)(H,16,17). The van der Waals surface area contributed by atoms with Crippen molar-refractivity contribution in [3.63, 3.8) is 0 Å². The molecule has 0 saturated carbocycles. The average Bonchev–Trinajstić information content (AvgIpc) is 2.35. The van der Waals surface area contributed by atoms with E-state index in [1.54, 1.807) is 12.1 Å². The Bertz CT molecular complexity index is 462. The van der Waals surface area contributed by atoms with E-state index in [0.29, 0.717) is 11.1 Å². The molecule has 0 spiro atoms. The molecule has 0 heterocycles. The molecule has 3 N–H and O–H groups in total. The highest BCUT2D eigenvalue weighted by Crippen LogP contribution is 2.11. The number of hydrogen-bond donors (Lipinski definition) is 2. The molecule has 0 aliphatic rings. The summed E-state index contributed by atoms with van der Waals surface area (Å²) in [5, 5.41) is 2.70. The molecule has 3 nitrogen and oxygen atoms in total. The molecule has 1 unspecified atom stereocenters. The maximum Gasteiger partial charge on any atom is 0.223 e. The zero-order chi connectivity index (χ0) is 13.7. The van der Waals surface area contributed by atoms with Crippen LogP contribution < -0.4 is 11.1 Å². The van der Waals surface area contributed by atoms with E-state index in [2.05, 4.69) is 5.32 Å². The molecule has 1 atom stereocenters. The summed E-state index contributed by atoms with van der Waals surface area (Å²) < 4.78 is 13.7. The van der Waals surface area contributed by atoms with Crippen LogP contribution in [0.15, 0.2) is 18.2 Å². The first-order valence-corrected chi connectivity index (χ1v) is 6.22. The fraction of sp³-hybridized carbons (Fsp3) is 0.385. The lowest BCUT2D eigenvalue weighted by molar-refractivity contribution is -0.124. The van der Waals surface area contributed by atoms with Gasteiger partial charge in [0.05, 0.1) is 0 Å². The Labute approximate surface area is 112 Å². The van der Waals surface area contributed by atoms with Crippen LogP contribution in [0, 0.1) is 11.7 Å². The van der Waals surface area contributed by atoms with Crippen molar-refractivity contribution >= 4 is 23.1 Å². The van der Waals surface area contributed by atoms with Gasteiger partial charge in [-0.15, -0.1) is 0 Å². The van der Waals surface area contributed by atoms with Crippen LogP contribution in [-0.2, 0) is 11.3 Å². The van der Waals surface area contributed by atoms with E-state index in [9.17, 15) is 9.18 Å². The summed E-state index contributed by atoms with van der Waals surface area (Å²) in [7, 11) is 0. The highest BCUT2D eigenvalue weighted by Gasteiger charge is 2.11. The van der Waals surface area contributed by atoms with Crippen LogP contribution in [0.1, 0.15) is 31.4 Å². The Kier molecular flexibility index (Phi) is 5.22. The fourth-order valence-corrected chi connectivity index (χ4v) is 1.51. The van der Waals surface area contributed by atoms with Gasteiger partial charge >= 0.3 is 0 Å². The highest BCUT2D eigenvalue weighted by atomic mass is 32.1. The summed E-state index contributed by atoms with van der Waals surface area (Å²) in [6.45, 7) is 3.94. The van der Waals surface area contributed by atoms with E-state index >= 15 is 0 Å². The van der Waals surface area contributed by atoms with Gasteiger partial charge in [-0.05, 0) is 12.5 Å². The molecule has 0 fully saturated rings. The van der Waals surface area contributed by atoms with Crippen molar-refractivity contribution in [3.05, 3.63) is 35.1 Å². The van der Waals surface area contributed by atoms with Crippen LogP contribution in [0.5, 0.6) is 0 Å². The monoisotopic (exact) mass is 268 g/mol. The van der Waals surface area contributed by atoms with Gasteiger partial charge in [-0.2, -0.15) is 0 Å². The second-order valence-electron chi connectivity index (χ2n) is 4.20. The summed E-state index contributed by atoms with van der Waals surface area (Å²) in [5.74, 6) is -0.552. The minimum atomic E-state index is -0.412. The van der Waals surface area contributed by atoms with E-state index in [1.165, 1.54) is 6.07 Å². The predicted molar refractivity (Wildman–Crippen MR) is 73.6 cm³/mol. The molecular formula is C13H17FN2OS. The van der Waals surface area contributed by atoms with Crippen LogP contribution >= 0.6 is 12.2 Å². The first-order chi connectivity index (χ1) is 8.45. The number of thiocarbonyl (C=S) groups is 1. The largest absolute Gasteiger partial charge is 0.389 e. The number of rotatable bonds is 5.